The van der Waals surface area contributed by atoms with Gasteiger partial charge in [0.2, 0.25) is 0 Å². The van der Waals surface area contributed by atoms with E-state index in [-0.39, 0.29) is 5.91 Å². The van der Waals surface area contributed by atoms with Gasteiger partial charge in [-0.15, -0.1) is 11.3 Å². The summed E-state index contributed by atoms with van der Waals surface area (Å²) in [4.78, 5) is 27.1. The molecule has 0 bridgehead atoms. The van der Waals surface area contributed by atoms with E-state index in [1.54, 1.807) is 12.1 Å². The van der Waals surface area contributed by atoms with E-state index in [2.05, 4.69) is 39.3 Å². The molecular weight excluding hydrogens is 368 g/mol. The van der Waals surface area contributed by atoms with Gasteiger partial charge in [-0.25, -0.2) is 15.0 Å². The summed E-state index contributed by atoms with van der Waals surface area (Å²) in [7, 11) is 0. The molecule has 2 aromatic heterocycles. The summed E-state index contributed by atoms with van der Waals surface area (Å²) in [6, 6.07) is 13.7. The van der Waals surface area contributed by atoms with Crippen LogP contribution in [-0.2, 0) is 6.42 Å². The second kappa shape index (κ2) is 7.48. The molecule has 2 aromatic carbocycles. The Hall–Kier alpha value is -3.12. The molecule has 4 rings (SSSR count). The van der Waals surface area contributed by atoms with Crippen molar-refractivity contribution >= 4 is 33.4 Å². The van der Waals surface area contributed by atoms with Gasteiger partial charge in [0.05, 0.1) is 22.4 Å². The number of hydrogen-bond acceptors (Lipinski definition) is 5. The van der Waals surface area contributed by atoms with Crippen molar-refractivity contribution in [3.05, 3.63) is 81.6 Å². The van der Waals surface area contributed by atoms with Gasteiger partial charge < -0.3 is 0 Å². The largest absolute Gasteiger partial charge is 0.298 e. The van der Waals surface area contributed by atoms with Gasteiger partial charge in [0.25, 0.3) is 5.91 Å². The highest BCUT2D eigenvalue weighted by molar-refractivity contribution is 7.15. The maximum absolute atomic E-state index is 12.6. The maximum Gasteiger partial charge on any atom is 0.257 e. The topological polar surface area (TPSA) is 67.8 Å². The van der Waals surface area contributed by atoms with Crippen molar-refractivity contribution in [1.29, 1.82) is 0 Å². The summed E-state index contributed by atoms with van der Waals surface area (Å²) in [6.45, 7) is 5.95. The summed E-state index contributed by atoms with van der Waals surface area (Å²) in [5, 5.41) is 3.49. The van der Waals surface area contributed by atoms with Gasteiger partial charge in [0, 0.05) is 23.1 Å². The average molecular weight is 388 g/mol. The Morgan fingerprint density at radius 2 is 1.75 bits per heavy atom. The zero-order valence-electron chi connectivity index (χ0n) is 16.0. The van der Waals surface area contributed by atoms with E-state index in [0.29, 0.717) is 10.7 Å². The molecule has 0 aliphatic heterocycles. The summed E-state index contributed by atoms with van der Waals surface area (Å²) in [5.74, 6) is -0.196. The first-order valence-electron chi connectivity index (χ1n) is 9.05. The molecule has 0 atom stereocenters. The molecule has 1 amide bonds. The zero-order valence-corrected chi connectivity index (χ0v) is 16.8. The number of aryl methyl sites for hydroxylation is 3. The first-order valence-corrected chi connectivity index (χ1v) is 9.87. The highest BCUT2D eigenvalue weighted by atomic mass is 32.1. The third-order valence-electron chi connectivity index (χ3n) is 4.74. The van der Waals surface area contributed by atoms with Crippen LogP contribution in [0.3, 0.4) is 0 Å². The molecule has 0 unspecified atom stereocenters. The molecule has 4 aromatic rings. The van der Waals surface area contributed by atoms with Gasteiger partial charge in [-0.05, 0) is 50.1 Å². The van der Waals surface area contributed by atoms with Crippen LogP contribution >= 0.6 is 11.3 Å². The first kappa shape index (κ1) is 18.3. The fourth-order valence-electron chi connectivity index (χ4n) is 2.98. The Kier molecular flexibility index (Phi) is 4.88. The first-order chi connectivity index (χ1) is 13.5. The molecule has 0 aliphatic rings. The minimum absolute atomic E-state index is 0.196. The highest BCUT2D eigenvalue weighted by Crippen LogP contribution is 2.23. The number of amides is 1. The van der Waals surface area contributed by atoms with Crippen molar-refractivity contribution in [3.63, 3.8) is 0 Å². The van der Waals surface area contributed by atoms with Crippen molar-refractivity contribution in [3.8, 4) is 0 Å². The Labute approximate surface area is 167 Å². The van der Waals surface area contributed by atoms with Crippen LogP contribution in [0.5, 0.6) is 0 Å². The SMILES string of the molecule is Cc1ccccc1Cc1cnc(NC(=O)c2ccc3nc(C)c(C)nc3c2)s1. The molecule has 2 heterocycles. The highest BCUT2D eigenvalue weighted by Gasteiger charge is 2.12. The van der Waals surface area contributed by atoms with Gasteiger partial charge in [0.1, 0.15) is 0 Å². The number of aromatic nitrogens is 3. The lowest BCUT2D eigenvalue weighted by molar-refractivity contribution is 0.102. The van der Waals surface area contributed by atoms with Crippen molar-refractivity contribution in [2.45, 2.75) is 27.2 Å². The lowest BCUT2D eigenvalue weighted by Crippen LogP contribution is -2.11. The molecule has 0 aliphatic carbocycles. The number of anilines is 1. The number of benzene rings is 2. The molecule has 0 fully saturated rings. The number of carbonyl (C=O) groups is 1. The fraction of sp³-hybridized carbons (Fsp3) is 0.182. The molecule has 5 nitrogen and oxygen atoms in total. The lowest BCUT2D eigenvalue weighted by atomic mass is 10.1. The molecule has 0 radical (unpaired) electrons. The normalized spacial score (nSPS) is 11.0. The van der Waals surface area contributed by atoms with Crippen LogP contribution in [0.2, 0.25) is 0 Å². The van der Waals surface area contributed by atoms with Crippen LogP contribution in [0.4, 0.5) is 5.13 Å². The fourth-order valence-corrected chi connectivity index (χ4v) is 3.81. The molecule has 6 heteroatoms. The Morgan fingerprint density at radius 3 is 2.54 bits per heavy atom. The number of nitrogens with one attached hydrogen (secondary N) is 1. The Bertz CT molecular complexity index is 1180. The van der Waals surface area contributed by atoms with Gasteiger partial charge in [-0.2, -0.15) is 0 Å². The summed E-state index contributed by atoms with van der Waals surface area (Å²) in [5.41, 5.74) is 6.33. The smallest absolute Gasteiger partial charge is 0.257 e. The van der Waals surface area contributed by atoms with E-state index in [1.165, 1.54) is 22.5 Å². The van der Waals surface area contributed by atoms with Gasteiger partial charge in [-0.1, -0.05) is 24.3 Å². The van der Waals surface area contributed by atoms with E-state index >= 15 is 0 Å². The minimum Gasteiger partial charge on any atom is -0.298 e. The Morgan fingerprint density at radius 1 is 1.00 bits per heavy atom. The van der Waals surface area contributed by atoms with Crippen molar-refractivity contribution < 1.29 is 4.79 Å². The number of nitrogens with zero attached hydrogens (tertiary/aromatic N) is 3. The predicted molar refractivity (Wildman–Crippen MR) is 113 cm³/mol. The number of hydrogen-bond donors (Lipinski definition) is 1. The van der Waals surface area contributed by atoms with E-state index in [1.807, 2.05) is 38.2 Å². The second-order valence-corrected chi connectivity index (χ2v) is 7.90. The summed E-state index contributed by atoms with van der Waals surface area (Å²) < 4.78 is 0. The molecule has 28 heavy (non-hydrogen) atoms. The van der Waals surface area contributed by atoms with Crippen LogP contribution in [0.25, 0.3) is 11.0 Å². The number of rotatable bonds is 4. The number of fused-ring (bicyclic) bond motifs is 1. The standard InChI is InChI=1S/C22H20N4OS/c1-13-6-4-5-7-16(13)10-18-12-23-22(28-18)26-21(27)17-8-9-19-20(11-17)25-15(3)14(2)24-19/h4-9,11-12H,10H2,1-3H3,(H,23,26,27). The van der Waals surface area contributed by atoms with Crippen LogP contribution in [0, 0.1) is 20.8 Å². The minimum atomic E-state index is -0.196. The average Bonchev–Trinajstić information content (AvgIpc) is 3.11. The summed E-state index contributed by atoms with van der Waals surface area (Å²) >= 11 is 1.50. The van der Waals surface area contributed by atoms with E-state index in [9.17, 15) is 4.79 Å². The molecule has 140 valence electrons. The van der Waals surface area contributed by atoms with Crippen molar-refractivity contribution in [2.24, 2.45) is 0 Å². The predicted octanol–water partition coefficient (Wildman–Crippen LogP) is 4.85. The van der Waals surface area contributed by atoms with E-state index in [0.717, 1.165) is 33.7 Å². The monoisotopic (exact) mass is 388 g/mol. The summed E-state index contributed by atoms with van der Waals surface area (Å²) in [6.07, 6.45) is 2.63. The molecular formula is C22H20N4OS. The molecule has 0 saturated heterocycles. The van der Waals surface area contributed by atoms with E-state index < -0.39 is 0 Å². The molecule has 0 saturated carbocycles. The number of thiazole rings is 1. The van der Waals surface area contributed by atoms with Gasteiger partial charge in [0.15, 0.2) is 5.13 Å². The maximum atomic E-state index is 12.6. The molecule has 0 spiro atoms. The Balaban J connectivity index is 1.51. The third kappa shape index (κ3) is 3.77. The van der Waals surface area contributed by atoms with Crippen molar-refractivity contribution in [1.82, 2.24) is 15.0 Å². The van der Waals surface area contributed by atoms with Crippen molar-refractivity contribution in [2.75, 3.05) is 5.32 Å². The van der Waals surface area contributed by atoms with E-state index in [4.69, 9.17) is 0 Å². The number of carbonyl (C=O) groups excluding carboxylic acids is 1. The zero-order chi connectivity index (χ0) is 19.7. The third-order valence-corrected chi connectivity index (χ3v) is 5.65. The quantitative estimate of drug-likeness (QED) is 0.542. The second-order valence-electron chi connectivity index (χ2n) is 6.79. The van der Waals surface area contributed by atoms with Gasteiger partial charge >= 0.3 is 0 Å². The lowest BCUT2D eigenvalue weighted by Gasteiger charge is -2.05. The van der Waals surface area contributed by atoms with Crippen LogP contribution < -0.4 is 5.32 Å². The molecule has 1 N–H and O–H groups in total. The van der Waals surface area contributed by atoms with Crippen LogP contribution in [0.1, 0.15) is 37.7 Å². The van der Waals surface area contributed by atoms with Crippen LogP contribution in [0.15, 0.2) is 48.7 Å². The van der Waals surface area contributed by atoms with Crippen LogP contribution in [-0.4, -0.2) is 20.9 Å². The van der Waals surface area contributed by atoms with Gasteiger partial charge in [-0.3, -0.25) is 10.1 Å².